The van der Waals surface area contributed by atoms with Crippen LogP contribution in [-0.2, 0) is 6.54 Å². The van der Waals surface area contributed by atoms with Gasteiger partial charge in [0.15, 0.2) is 0 Å². The Bertz CT molecular complexity index is 688. The van der Waals surface area contributed by atoms with E-state index in [1.165, 1.54) is 12.1 Å². The molecule has 1 heterocycles. The Hall–Kier alpha value is -2.09. The summed E-state index contributed by atoms with van der Waals surface area (Å²) in [7, 11) is 1.68. The first-order chi connectivity index (χ1) is 9.99. The fourth-order valence-corrected chi connectivity index (χ4v) is 2.30. The number of pyridine rings is 1. The maximum absolute atomic E-state index is 12.3. The van der Waals surface area contributed by atoms with Crippen molar-refractivity contribution in [2.75, 3.05) is 7.05 Å². The molecule has 0 saturated carbocycles. The molecule has 0 aliphatic carbocycles. The van der Waals surface area contributed by atoms with Gasteiger partial charge in [-0.05, 0) is 29.8 Å². The van der Waals surface area contributed by atoms with E-state index in [9.17, 15) is 4.79 Å². The molecule has 0 atom stereocenters. The van der Waals surface area contributed by atoms with Crippen molar-refractivity contribution in [2.45, 2.75) is 6.54 Å². The predicted molar refractivity (Wildman–Crippen MR) is 81.2 cm³/mol. The summed E-state index contributed by atoms with van der Waals surface area (Å²) in [5.74, 6) is -0.203. The van der Waals surface area contributed by atoms with Gasteiger partial charge >= 0.3 is 0 Å². The summed E-state index contributed by atoms with van der Waals surface area (Å²) in [5.41, 5.74) is 1.90. The number of carbonyl (C=O) groups is 1. The number of hydrogen-bond donors (Lipinski definition) is 0. The van der Waals surface area contributed by atoms with Gasteiger partial charge in [-0.15, -0.1) is 0 Å². The van der Waals surface area contributed by atoms with Crippen LogP contribution in [0.2, 0.25) is 10.3 Å². The van der Waals surface area contributed by atoms with Crippen molar-refractivity contribution in [1.82, 2.24) is 9.88 Å². The van der Waals surface area contributed by atoms with E-state index in [1.807, 2.05) is 12.1 Å². The highest BCUT2D eigenvalue weighted by atomic mass is 35.5. The van der Waals surface area contributed by atoms with Crippen LogP contribution in [0.25, 0.3) is 0 Å². The van der Waals surface area contributed by atoms with Crippen molar-refractivity contribution in [3.63, 3.8) is 0 Å². The van der Waals surface area contributed by atoms with E-state index < -0.39 is 0 Å². The zero-order chi connectivity index (χ0) is 15.4. The van der Waals surface area contributed by atoms with Crippen LogP contribution in [0, 0.1) is 11.3 Å². The summed E-state index contributed by atoms with van der Waals surface area (Å²) in [6, 6.07) is 12.1. The number of aromatic nitrogens is 1. The van der Waals surface area contributed by atoms with Crippen molar-refractivity contribution in [3.8, 4) is 6.07 Å². The molecule has 0 bridgehead atoms. The average Bonchev–Trinajstić information content (AvgIpc) is 2.46. The van der Waals surface area contributed by atoms with E-state index >= 15 is 0 Å². The highest BCUT2D eigenvalue weighted by molar-refractivity contribution is 6.33. The van der Waals surface area contributed by atoms with E-state index in [2.05, 4.69) is 11.1 Å². The zero-order valence-electron chi connectivity index (χ0n) is 11.2. The van der Waals surface area contributed by atoms with Crippen LogP contribution in [0.1, 0.15) is 21.5 Å². The topological polar surface area (TPSA) is 57.0 Å². The predicted octanol–water partition coefficient (Wildman–Crippen LogP) is 3.53. The van der Waals surface area contributed by atoms with Gasteiger partial charge in [-0.2, -0.15) is 5.26 Å². The number of rotatable bonds is 3. The third-order valence-corrected chi connectivity index (χ3v) is 3.25. The summed E-state index contributed by atoms with van der Waals surface area (Å²) in [6.45, 7) is 0.419. The van der Waals surface area contributed by atoms with E-state index in [4.69, 9.17) is 28.5 Å². The fourth-order valence-electron chi connectivity index (χ4n) is 1.84. The van der Waals surface area contributed by atoms with Crippen LogP contribution in [0.4, 0.5) is 0 Å². The summed E-state index contributed by atoms with van der Waals surface area (Å²) in [5, 5.41) is 9.11. The highest BCUT2D eigenvalue weighted by Gasteiger charge is 2.14. The lowest BCUT2D eigenvalue weighted by Crippen LogP contribution is -2.26. The Labute approximate surface area is 132 Å². The zero-order valence-corrected chi connectivity index (χ0v) is 12.7. The molecule has 0 fully saturated rings. The number of hydrogen-bond acceptors (Lipinski definition) is 3. The molecular weight excluding hydrogens is 309 g/mol. The molecule has 0 spiro atoms. The fraction of sp³-hybridized carbons (Fsp3) is 0.133. The highest BCUT2D eigenvalue weighted by Crippen LogP contribution is 2.17. The molecule has 1 aromatic heterocycles. The number of halogens is 2. The number of carbonyl (C=O) groups excluding carboxylic acids is 1. The Morgan fingerprint density at radius 3 is 2.33 bits per heavy atom. The molecule has 4 nitrogen and oxygen atoms in total. The Balaban J connectivity index is 2.13. The summed E-state index contributed by atoms with van der Waals surface area (Å²) >= 11 is 11.6. The van der Waals surface area contributed by atoms with Gasteiger partial charge in [-0.25, -0.2) is 4.98 Å². The van der Waals surface area contributed by atoms with Gasteiger partial charge in [0.05, 0.1) is 11.6 Å². The standard InChI is InChI=1S/C15H11Cl2N3O/c1-20(9-11-4-2-10(8-18)3-5-11)15(21)12-6-13(16)19-14(17)7-12/h2-7H,9H2,1H3. The van der Waals surface area contributed by atoms with Gasteiger partial charge in [0, 0.05) is 19.2 Å². The maximum atomic E-state index is 12.3. The monoisotopic (exact) mass is 319 g/mol. The average molecular weight is 320 g/mol. The second-order valence-electron chi connectivity index (χ2n) is 4.47. The molecule has 0 N–H and O–H groups in total. The van der Waals surface area contributed by atoms with Gasteiger partial charge in [0.2, 0.25) is 0 Å². The molecule has 0 aliphatic rings. The van der Waals surface area contributed by atoms with Crippen molar-refractivity contribution < 1.29 is 4.79 Å². The Morgan fingerprint density at radius 2 is 1.81 bits per heavy atom. The van der Waals surface area contributed by atoms with Gasteiger partial charge in [-0.1, -0.05) is 35.3 Å². The molecule has 21 heavy (non-hydrogen) atoms. The van der Waals surface area contributed by atoms with Crippen LogP contribution in [0.5, 0.6) is 0 Å². The first kappa shape index (κ1) is 15.3. The van der Waals surface area contributed by atoms with Crippen LogP contribution in [0.3, 0.4) is 0 Å². The van der Waals surface area contributed by atoms with E-state index in [-0.39, 0.29) is 16.2 Å². The Kier molecular flexibility index (Phi) is 4.79. The number of amides is 1. The molecule has 6 heteroatoms. The smallest absolute Gasteiger partial charge is 0.254 e. The number of nitriles is 1. The molecule has 0 radical (unpaired) electrons. The summed E-state index contributed by atoms with van der Waals surface area (Å²) in [6.07, 6.45) is 0. The largest absolute Gasteiger partial charge is 0.337 e. The molecule has 2 aromatic rings. The molecule has 1 aromatic carbocycles. The minimum absolute atomic E-state index is 0.178. The molecule has 1 amide bonds. The minimum Gasteiger partial charge on any atom is -0.337 e. The summed E-state index contributed by atoms with van der Waals surface area (Å²) < 4.78 is 0. The SMILES string of the molecule is CN(Cc1ccc(C#N)cc1)C(=O)c1cc(Cl)nc(Cl)c1. The second-order valence-corrected chi connectivity index (χ2v) is 5.25. The lowest BCUT2D eigenvalue weighted by Gasteiger charge is -2.17. The van der Waals surface area contributed by atoms with Gasteiger partial charge in [-0.3, -0.25) is 4.79 Å². The first-order valence-electron chi connectivity index (χ1n) is 6.07. The molecular formula is C15H11Cl2N3O. The Morgan fingerprint density at radius 1 is 1.24 bits per heavy atom. The van der Waals surface area contributed by atoms with Crippen molar-refractivity contribution in [1.29, 1.82) is 5.26 Å². The van der Waals surface area contributed by atoms with E-state index in [1.54, 1.807) is 24.1 Å². The van der Waals surface area contributed by atoms with Crippen LogP contribution in [-0.4, -0.2) is 22.8 Å². The minimum atomic E-state index is -0.203. The second kappa shape index (κ2) is 6.57. The van der Waals surface area contributed by atoms with Gasteiger partial charge in [0.25, 0.3) is 5.91 Å². The quantitative estimate of drug-likeness (QED) is 0.813. The van der Waals surface area contributed by atoms with Crippen LogP contribution in [0.15, 0.2) is 36.4 Å². The summed E-state index contributed by atoms with van der Waals surface area (Å²) in [4.78, 5) is 17.7. The number of nitrogens with zero attached hydrogens (tertiary/aromatic N) is 3. The van der Waals surface area contributed by atoms with Crippen molar-refractivity contribution in [3.05, 3.63) is 63.4 Å². The lowest BCUT2D eigenvalue weighted by molar-refractivity contribution is 0.0785. The molecule has 0 saturated heterocycles. The lowest BCUT2D eigenvalue weighted by atomic mass is 10.1. The van der Waals surface area contributed by atoms with Crippen molar-refractivity contribution in [2.24, 2.45) is 0 Å². The molecule has 0 unspecified atom stereocenters. The van der Waals surface area contributed by atoms with Crippen molar-refractivity contribution >= 4 is 29.1 Å². The van der Waals surface area contributed by atoms with Gasteiger partial charge < -0.3 is 4.90 Å². The van der Waals surface area contributed by atoms with E-state index in [0.29, 0.717) is 17.7 Å². The third kappa shape index (κ3) is 3.94. The normalized spacial score (nSPS) is 10.0. The molecule has 0 aliphatic heterocycles. The number of benzene rings is 1. The molecule has 2 rings (SSSR count). The van der Waals surface area contributed by atoms with Crippen LogP contribution >= 0.6 is 23.2 Å². The molecule has 106 valence electrons. The third-order valence-electron chi connectivity index (χ3n) is 2.86. The van der Waals surface area contributed by atoms with E-state index in [0.717, 1.165) is 5.56 Å². The maximum Gasteiger partial charge on any atom is 0.254 e. The van der Waals surface area contributed by atoms with Gasteiger partial charge in [0.1, 0.15) is 10.3 Å². The van der Waals surface area contributed by atoms with Crippen LogP contribution < -0.4 is 0 Å². The first-order valence-corrected chi connectivity index (χ1v) is 6.83.